The normalized spacial score (nSPS) is 24.7. The topological polar surface area (TPSA) is 21.3 Å². The molecule has 1 N–H and O–H groups in total. The van der Waals surface area contributed by atoms with E-state index in [9.17, 15) is 0 Å². The Balaban J connectivity index is 1.70. The number of benzene rings is 1. The van der Waals surface area contributed by atoms with E-state index >= 15 is 0 Å². The predicted molar refractivity (Wildman–Crippen MR) is 97.5 cm³/mol. The molecule has 0 fully saturated rings. The van der Waals surface area contributed by atoms with E-state index in [-0.39, 0.29) is 0 Å². The van der Waals surface area contributed by atoms with Crippen LogP contribution in [-0.2, 0) is 0 Å². The number of thiophene rings is 1. The molecule has 0 spiro atoms. The Bertz CT molecular complexity index is 761. The lowest BCUT2D eigenvalue weighted by molar-refractivity contribution is 0.361. The van der Waals surface area contributed by atoms with Crippen LogP contribution >= 0.6 is 11.3 Å². The number of hydrogen-bond acceptors (Lipinski definition) is 3. The Morgan fingerprint density at radius 2 is 2.26 bits per heavy atom. The second kappa shape index (κ2) is 5.89. The number of ether oxygens (including phenoxy) is 1. The van der Waals surface area contributed by atoms with Crippen molar-refractivity contribution in [2.24, 2.45) is 5.92 Å². The summed E-state index contributed by atoms with van der Waals surface area (Å²) < 4.78 is 5.72. The zero-order valence-electron chi connectivity index (χ0n) is 13.3. The van der Waals surface area contributed by atoms with Gasteiger partial charge in [0.15, 0.2) is 0 Å². The molecule has 2 nitrogen and oxygen atoms in total. The first kappa shape index (κ1) is 14.6. The molecule has 118 valence electrons. The molecule has 3 atom stereocenters. The largest absolute Gasteiger partial charge is 0.490 e. The molecular formula is C20H21NOS. The second-order valence-electron chi connectivity index (χ2n) is 6.27. The van der Waals surface area contributed by atoms with Crippen LogP contribution < -0.4 is 10.1 Å². The number of rotatable bonds is 4. The third-order valence-corrected chi connectivity index (χ3v) is 5.85. The molecule has 1 aliphatic carbocycles. The fourth-order valence-corrected chi connectivity index (χ4v) is 4.72. The van der Waals surface area contributed by atoms with Gasteiger partial charge >= 0.3 is 0 Å². The molecule has 1 aromatic heterocycles. The molecule has 2 aliphatic rings. The summed E-state index contributed by atoms with van der Waals surface area (Å²) in [7, 11) is 0. The molecule has 1 aliphatic heterocycles. The maximum Gasteiger partial charge on any atom is 0.120 e. The number of hydrogen-bond donors (Lipinski definition) is 1. The fourth-order valence-electron chi connectivity index (χ4n) is 3.72. The standard InChI is InChI=1S/C20H21NOS/c1-3-11-22-14-8-9-18-17(12-14)15-5-4-6-16(15)20(21-18)19-10-7-13(2)23-19/h3-5,7-10,12,15-16,20-21H,1,6,11H2,2H3. The minimum Gasteiger partial charge on any atom is -0.490 e. The highest BCUT2D eigenvalue weighted by Crippen LogP contribution is 2.51. The summed E-state index contributed by atoms with van der Waals surface area (Å²) in [5.41, 5.74) is 2.59. The van der Waals surface area contributed by atoms with Crippen molar-refractivity contribution in [1.82, 2.24) is 0 Å². The lowest BCUT2D eigenvalue weighted by atomic mass is 9.79. The van der Waals surface area contributed by atoms with Gasteiger partial charge in [-0.15, -0.1) is 11.3 Å². The fraction of sp³-hybridized carbons (Fsp3) is 0.300. The average Bonchev–Trinajstić information content (AvgIpc) is 3.21. The molecule has 4 rings (SSSR count). The predicted octanol–water partition coefficient (Wildman–Crippen LogP) is 5.45. The summed E-state index contributed by atoms with van der Waals surface area (Å²) in [5, 5.41) is 3.78. The van der Waals surface area contributed by atoms with Gasteiger partial charge in [-0.25, -0.2) is 0 Å². The zero-order chi connectivity index (χ0) is 15.8. The molecule has 23 heavy (non-hydrogen) atoms. The maximum absolute atomic E-state index is 5.72. The minimum atomic E-state index is 0.404. The smallest absolute Gasteiger partial charge is 0.120 e. The summed E-state index contributed by atoms with van der Waals surface area (Å²) >= 11 is 1.91. The quantitative estimate of drug-likeness (QED) is 0.756. The molecule has 0 radical (unpaired) electrons. The van der Waals surface area contributed by atoms with Gasteiger partial charge in [-0.05, 0) is 55.2 Å². The van der Waals surface area contributed by atoms with Crippen LogP contribution in [0.1, 0.15) is 33.7 Å². The Hall–Kier alpha value is -2.00. The summed E-state index contributed by atoms with van der Waals surface area (Å²) in [6.45, 7) is 6.44. The van der Waals surface area contributed by atoms with Crippen molar-refractivity contribution in [3.8, 4) is 5.75 Å². The third-order valence-electron chi connectivity index (χ3n) is 4.77. The van der Waals surface area contributed by atoms with Crippen molar-refractivity contribution in [2.45, 2.75) is 25.3 Å². The van der Waals surface area contributed by atoms with Crippen LogP contribution in [-0.4, -0.2) is 6.61 Å². The first-order valence-corrected chi connectivity index (χ1v) is 8.95. The Morgan fingerprint density at radius 3 is 3.04 bits per heavy atom. The van der Waals surface area contributed by atoms with Crippen LogP contribution in [0.4, 0.5) is 5.69 Å². The summed E-state index contributed by atoms with van der Waals surface area (Å²) in [4.78, 5) is 2.82. The van der Waals surface area contributed by atoms with E-state index in [0.717, 1.165) is 12.2 Å². The monoisotopic (exact) mass is 323 g/mol. The van der Waals surface area contributed by atoms with E-state index < -0.39 is 0 Å². The molecule has 2 aromatic rings. The van der Waals surface area contributed by atoms with Gasteiger partial charge < -0.3 is 10.1 Å². The first-order valence-electron chi connectivity index (χ1n) is 8.13. The van der Waals surface area contributed by atoms with Crippen LogP contribution in [0.15, 0.2) is 55.1 Å². The van der Waals surface area contributed by atoms with Crippen molar-refractivity contribution in [3.05, 3.63) is 70.5 Å². The maximum atomic E-state index is 5.72. The lowest BCUT2D eigenvalue weighted by Gasteiger charge is -2.37. The molecule has 0 bridgehead atoms. The number of aryl methyl sites for hydroxylation is 1. The van der Waals surface area contributed by atoms with Crippen LogP contribution in [0.2, 0.25) is 0 Å². The highest BCUT2D eigenvalue weighted by molar-refractivity contribution is 7.12. The molecule has 3 heteroatoms. The number of nitrogens with one attached hydrogen (secondary N) is 1. The number of allylic oxidation sites excluding steroid dienone is 2. The van der Waals surface area contributed by atoms with E-state index in [2.05, 4.69) is 55.2 Å². The molecule has 0 saturated heterocycles. The third kappa shape index (κ3) is 2.59. The van der Waals surface area contributed by atoms with Gasteiger partial charge in [-0.1, -0.05) is 24.8 Å². The van der Waals surface area contributed by atoms with Crippen LogP contribution in [0, 0.1) is 12.8 Å². The van der Waals surface area contributed by atoms with E-state index in [1.807, 2.05) is 17.4 Å². The lowest BCUT2D eigenvalue weighted by Crippen LogP contribution is -2.28. The SMILES string of the molecule is C=CCOc1ccc2c(c1)C1C=CCC1C(c1ccc(C)s1)N2. The van der Waals surface area contributed by atoms with Gasteiger partial charge in [-0.2, -0.15) is 0 Å². The molecular weight excluding hydrogens is 302 g/mol. The minimum absolute atomic E-state index is 0.404. The van der Waals surface area contributed by atoms with Crippen molar-refractivity contribution >= 4 is 17.0 Å². The summed E-state index contributed by atoms with van der Waals surface area (Å²) in [6.07, 6.45) is 7.62. The van der Waals surface area contributed by atoms with Crippen LogP contribution in [0.3, 0.4) is 0 Å². The molecule has 0 amide bonds. The second-order valence-corrected chi connectivity index (χ2v) is 7.59. The van der Waals surface area contributed by atoms with Crippen molar-refractivity contribution < 1.29 is 4.74 Å². The summed E-state index contributed by atoms with van der Waals surface area (Å²) in [6, 6.07) is 11.3. The van der Waals surface area contributed by atoms with Crippen LogP contribution in [0.25, 0.3) is 0 Å². The average molecular weight is 323 g/mol. The van der Waals surface area contributed by atoms with Gasteiger partial charge in [0.1, 0.15) is 12.4 Å². The van der Waals surface area contributed by atoms with Crippen molar-refractivity contribution in [2.75, 3.05) is 11.9 Å². The number of anilines is 1. The number of fused-ring (bicyclic) bond motifs is 3. The van der Waals surface area contributed by atoms with E-state index in [1.165, 1.54) is 21.0 Å². The molecule has 2 heterocycles. The van der Waals surface area contributed by atoms with E-state index in [0.29, 0.717) is 24.5 Å². The van der Waals surface area contributed by atoms with Gasteiger partial charge in [0.2, 0.25) is 0 Å². The Kier molecular flexibility index (Phi) is 3.74. The molecule has 0 saturated carbocycles. The Labute approximate surface area is 141 Å². The van der Waals surface area contributed by atoms with Crippen molar-refractivity contribution in [3.63, 3.8) is 0 Å². The van der Waals surface area contributed by atoms with Crippen LogP contribution in [0.5, 0.6) is 5.75 Å². The summed E-state index contributed by atoms with van der Waals surface area (Å²) in [5.74, 6) is 2.00. The van der Waals surface area contributed by atoms with E-state index in [1.54, 1.807) is 6.08 Å². The van der Waals surface area contributed by atoms with Gasteiger partial charge in [0.05, 0.1) is 6.04 Å². The van der Waals surface area contributed by atoms with Crippen molar-refractivity contribution in [1.29, 1.82) is 0 Å². The zero-order valence-corrected chi connectivity index (χ0v) is 14.1. The highest BCUT2D eigenvalue weighted by atomic mass is 32.1. The van der Waals surface area contributed by atoms with E-state index in [4.69, 9.17) is 4.74 Å². The van der Waals surface area contributed by atoms with Gasteiger partial charge in [0, 0.05) is 21.4 Å². The molecule has 1 aromatic carbocycles. The highest BCUT2D eigenvalue weighted by Gasteiger charge is 2.38. The Morgan fingerprint density at radius 1 is 1.35 bits per heavy atom. The first-order chi connectivity index (χ1) is 11.3. The van der Waals surface area contributed by atoms with Gasteiger partial charge in [0.25, 0.3) is 0 Å². The van der Waals surface area contributed by atoms with Gasteiger partial charge in [-0.3, -0.25) is 0 Å². The molecule has 3 unspecified atom stereocenters.